The molecule has 1 aliphatic heterocycles. The zero-order valence-electron chi connectivity index (χ0n) is 31.9. The van der Waals surface area contributed by atoms with Gasteiger partial charge in [0, 0.05) is 12.1 Å². The lowest BCUT2D eigenvalue weighted by molar-refractivity contribution is -0.0726. The van der Waals surface area contributed by atoms with Crippen LogP contribution in [0.4, 0.5) is 0 Å². The van der Waals surface area contributed by atoms with E-state index in [1.165, 1.54) is 0 Å². The van der Waals surface area contributed by atoms with Gasteiger partial charge in [0.1, 0.15) is 35.4 Å². The molecule has 0 N–H and O–H groups in total. The van der Waals surface area contributed by atoms with E-state index in [2.05, 4.69) is 69.6 Å². The highest BCUT2D eigenvalue weighted by molar-refractivity contribution is 7.44. The standard InChI is InChI=1S/C43H53N2O7P/c1-31(2)45(32(3)4)53(51-27-13-26-44)52-42-40(48-28-34-15-12-11-14-33(34)5)29-49-41(42)30-50-43(35-16-9-8-10-17-35,36-18-22-38(46-6)23-19-36)37-20-24-39(47-7)25-21-37/h8-12,14-25,31-32,40-42H,13,27-30H2,1-7H3/t40-,41+,42-,53?/m0/s1. The van der Waals surface area contributed by atoms with E-state index in [-0.39, 0.29) is 31.7 Å². The Labute approximate surface area is 316 Å². The van der Waals surface area contributed by atoms with Gasteiger partial charge in [-0.05, 0) is 86.7 Å². The van der Waals surface area contributed by atoms with E-state index in [4.69, 9.17) is 32.7 Å². The van der Waals surface area contributed by atoms with Crippen LogP contribution in [-0.4, -0.2) is 69.1 Å². The number of hydrogen-bond donors (Lipinski definition) is 0. The first-order valence-corrected chi connectivity index (χ1v) is 19.4. The minimum absolute atomic E-state index is 0.127. The van der Waals surface area contributed by atoms with Gasteiger partial charge >= 0.3 is 0 Å². The van der Waals surface area contributed by atoms with Crippen LogP contribution in [0.3, 0.4) is 0 Å². The highest BCUT2D eigenvalue weighted by atomic mass is 31.2. The first kappa shape index (κ1) is 40.3. The number of nitriles is 1. The van der Waals surface area contributed by atoms with Crippen LogP contribution in [0.25, 0.3) is 0 Å². The molecule has 1 aliphatic rings. The molecule has 1 heterocycles. The zero-order valence-corrected chi connectivity index (χ0v) is 32.8. The van der Waals surface area contributed by atoms with Crippen molar-refractivity contribution in [2.45, 2.75) is 83.6 Å². The molecule has 0 aromatic heterocycles. The van der Waals surface area contributed by atoms with Gasteiger partial charge in [-0.2, -0.15) is 5.26 Å². The zero-order chi connectivity index (χ0) is 37.8. The number of methoxy groups -OCH3 is 2. The Hall–Kier alpha value is -3.84. The molecule has 0 amide bonds. The molecule has 1 unspecified atom stereocenters. The Bertz CT molecular complexity index is 1680. The predicted octanol–water partition coefficient (Wildman–Crippen LogP) is 8.97. The molecular weight excluding hydrogens is 687 g/mol. The summed E-state index contributed by atoms with van der Waals surface area (Å²) in [5, 5.41) is 9.34. The summed E-state index contributed by atoms with van der Waals surface area (Å²) in [5.41, 5.74) is 4.01. The van der Waals surface area contributed by atoms with Crippen molar-refractivity contribution >= 4 is 8.53 Å². The highest BCUT2D eigenvalue weighted by Crippen LogP contribution is 2.50. The Morgan fingerprint density at radius 2 is 1.38 bits per heavy atom. The topological polar surface area (TPSA) is 91.6 Å². The molecule has 282 valence electrons. The maximum atomic E-state index is 9.34. The second kappa shape index (κ2) is 19.5. The van der Waals surface area contributed by atoms with E-state index in [0.717, 1.165) is 39.3 Å². The smallest absolute Gasteiger partial charge is 0.259 e. The maximum absolute atomic E-state index is 9.34. The Morgan fingerprint density at radius 3 is 1.92 bits per heavy atom. The van der Waals surface area contributed by atoms with E-state index >= 15 is 0 Å². The molecule has 0 spiro atoms. The SMILES string of the molecule is COc1ccc(C(OC[C@H]2OC[C@H](OCc3ccccc3C)[C@@H]2OP(OCCC#N)N(C(C)C)C(C)C)(c2ccccc2)c2ccc(OC)cc2)cc1. The molecule has 9 nitrogen and oxygen atoms in total. The molecule has 4 atom stereocenters. The molecule has 1 fully saturated rings. The quantitative estimate of drug-likeness (QED) is 0.0531. The molecule has 0 radical (unpaired) electrons. The van der Waals surface area contributed by atoms with Crippen LogP contribution < -0.4 is 9.47 Å². The molecule has 10 heteroatoms. The van der Waals surface area contributed by atoms with Crippen LogP contribution in [-0.2, 0) is 35.5 Å². The van der Waals surface area contributed by atoms with Gasteiger partial charge in [-0.15, -0.1) is 0 Å². The van der Waals surface area contributed by atoms with E-state index in [0.29, 0.717) is 13.2 Å². The lowest BCUT2D eigenvalue weighted by atomic mass is 9.80. The monoisotopic (exact) mass is 740 g/mol. The van der Waals surface area contributed by atoms with Gasteiger partial charge in [0.15, 0.2) is 0 Å². The first-order chi connectivity index (χ1) is 25.7. The second-order valence-corrected chi connectivity index (χ2v) is 15.0. The molecule has 4 aromatic carbocycles. The van der Waals surface area contributed by atoms with Crippen molar-refractivity contribution in [3.8, 4) is 17.6 Å². The van der Waals surface area contributed by atoms with Gasteiger partial charge in [-0.25, -0.2) is 4.67 Å². The summed E-state index contributed by atoms with van der Waals surface area (Å²) in [7, 11) is 1.73. The van der Waals surface area contributed by atoms with Crippen LogP contribution in [0.15, 0.2) is 103 Å². The Balaban J connectivity index is 1.54. The van der Waals surface area contributed by atoms with Crippen LogP contribution in [0.5, 0.6) is 11.5 Å². The largest absolute Gasteiger partial charge is 0.497 e. The Morgan fingerprint density at radius 1 is 0.811 bits per heavy atom. The minimum atomic E-state index is -1.59. The highest BCUT2D eigenvalue weighted by Gasteiger charge is 2.46. The fraction of sp³-hybridized carbons (Fsp3) is 0.419. The fourth-order valence-corrected chi connectivity index (χ4v) is 8.50. The van der Waals surface area contributed by atoms with E-state index in [9.17, 15) is 5.26 Å². The van der Waals surface area contributed by atoms with E-state index in [1.807, 2.05) is 78.9 Å². The third kappa shape index (κ3) is 9.83. The number of nitrogens with zero attached hydrogens (tertiary/aromatic N) is 2. The van der Waals surface area contributed by atoms with Crippen LogP contribution in [0.1, 0.15) is 61.9 Å². The number of rotatable bonds is 19. The molecule has 4 aromatic rings. The summed E-state index contributed by atoms with van der Waals surface area (Å²) in [6.45, 7) is 11.8. The van der Waals surface area contributed by atoms with Gasteiger partial charge in [-0.3, -0.25) is 0 Å². The van der Waals surface area contributed by atoms with Gasteiger partial charge in [0.25, 0.3) is 8.53 Å². The van der Waals surface area contributed by atoms with Crippen molar-refractivity contribution < 1.29 is 32.7 Å². The van der Waals surface area contributed by atoms with Gasteiger partial charge < -0.3 is 32.7 Å². The van der Waals surface area contributed by atoms with Crippen molar-refractivity contribution in [1.29, 1.82) is 5.26 Å². The molecule has 0 bridgehead atoms. The molecule has 5 rings (SSSR count). The van der Waals surface area contributed by atoms with Crippen molar-refractivity contribution in [3.63, 3.8) is 0 Å². The number of aryl methyl sites for hydroxylation is 1. The number of ether oxygens (including phenoxy) is 5. The van der Waals surface area contributed by atoms with Gasteiger partial charge in [-0.1, -0.05) is 78.9 Å². The fourth-order valence-electron chi connectivity index (χ4n) is 6.72. The molecule has 0 aliphatic carbocycles. The summed E-state index contributed by atoms with van der Waals surface area (Å²) in [4.78, 5) is 0. The molecule has 1 saturated heterocycles. The van der Waals surface area contributed by atoms with Crippen LogP contribution in [0, 0.1) is 18.3 Å². The predicted molar refractivity (Wildman–Crippen MR) is 208 cm³/mol. The molecule has 0 saturated carbocycles. The second-order valence-electron chi connectivity index (χ2n) is 13.6. The van der Waals surface area contributed by atoms with Crippen molar-refractivity contribution in [2.24, 2.45) is 0 Å². The first-order valence-electron chi connectivity index (χ1n) is 18.2. The summed E-state index contributed by atoms with van der Waals surface area (Å²) >= 11 is 0. The third-order valence-electron chi connectivity index (χ3n) is 9.43. The van der Waals surface area contributed by atoms with E-state index < -0.39 is 32.4 Å². The van der Waals surface area contributed by atoms with Crippen molar-refractivity contribution in [1.82, 2.24) is 4.67 Å². The van der Waals surface area contributed by atoms with Crippen LogP contribution >= 0.6 is 8.53 Å². The minimum Gasteiger partial charge on any atom is -0.497 e. The lowest BCUT2D eigenvalue weighted by Crippen LogP contribution is -2.42. The van der Waals surface area contributed by atoms with Crippen LogP contribution in [0.2, 0.25) is 0 Å². The van der Waals surface area contributed by atoms with E-state index in [1.54, 1.807) is 14.2 Å². The summed E-state index contributed by atoms with van der Waals surface area (Å²) in [6.07, 6.45) is -1.19. The molecule has 53 heavy (non-hydrogen) atoms. The van der Waals surface area contributed by atoms with Crippen molar-refractivity contribution in [3.05, 3.63) is 131 Å². The summed E-state index contributed by atoms with van der Waals surface area (Å²) in [5.74, 6) is 1.49. The summed E-state index contributed by atoms with van der Waals surface area (Å²) < 4.78 is 47.2. The third-order valence-corrected chi connectivity index (χ3v) is 11.6. The van der Waals surface area contributed by atoms with Crippen molar-refractivity contribution in [2.75, 3.05) is 34.0 Å². The molecular formula is C43H53N2O7P. The number of benzene rings is 4. The van der Waals surface area contributed by atoms with Gasteiger partial charge in [0.2, 0.25) is 0 Å². The van der Waals surface area contributed by atoms with Gasteiger partial charge in [0.05, 0.1) is 53.1 Å². The Kier molecular flexibility index (Phi) is 14.8. The lowest BCUT2D eigenvalue weighted by Gasteiger charge is -2.39. The summed E-state index contributed by atoms with van der Waals surface area (Å²) in [6, 6.07) is 36.8. The normalized spacial score (nSPS) is 18.0. The number of hydrogen-bond acceptors (Lipinski definition) is 9. The average Bonchev–Trinajstić information content (AvgIpc) is 3.56. The maximum Gasteiger partial charge on any atom is 0.259 e. The average molecular weight is 741 g/mol.